The minimum atomic E-state index is -1.03. The van der Waals surface area contributed by atoms with Crippen LogP contribution >= 0.6 is 0 Å². The number of para-hydroxylation sites is 1. The van der Waals surface area contributed by atoms with E-state index in [0.717, 1.165) is 11.3 Å². The number of hydrogen-bond donors (Lipinski definition) is 2. The van der Waals surface area contributed by atoms with Gasteiger partial charge >= 0.3 is 5.97 Å². The summed E-state index contributed by atoms with van der Waals surface area (Å²) in [4.78, 5) is 23.1. The molecule has 5 heteroatoms. The molecule has 1 heterocycles. The molecule has 1 aromatic carbocycles. The number of carboxylic acid groups (broad SMARTS) is 1. The quantitative estimate of drug-likeness (QED) is 0.898. The number of aromatic nitrogens is 1. The number of nitrogens with zero attached hydrogens (tertiary/aromatic N) is 1. The van der Waals surface area contributed by atoms with Gasteiger partial charge in [0.2, 0.25) is 5.91 Å². The van der Waals surface area contributed by atoms with Gasteiger partial charge in [-0.2, -0.15) is 0 Å². The van der Waals surface area contributed by atoms with Crippen molar-refractivity contribution < 1.29 is 14.7 Å². The second-order valence-electron chi connectivity index (χ2n) is 4.64. The first kappa shape index (κ1) is 13.9. The molecule has 2 N–H and O–H groups in total. The van der Waals surface area contributed by atoms with E-state index in [1.54, 1.807) is 19.2 Å². The highest BCUT2D eigenvalue weighted by Gasteiger charge is 2.15. The molecule has 0 radical (unpaired) electrons. The Morgan fingerprint density at radius 2 is 1.85 bits per heavy atom. The topological polar surface area (TPSA) is 71.3 Å². The molecule has 0 aliphatic heterocycles. The van der Waals surface area contributed by atoms with Crippen LogP contribution in [0.5, 0.6) is 0 Å². The Kier molecular flexibility index (Phi) is 3.89. The van der Waals surface area contributed by atoms with Gasteiger partial charge in [-0.15, -0.1) is 0 Å². The van der Waals surface area contributed by atoms with E-state index in [1.807, 2.05) is 31.2 Å². The van der Waals surface area contributed by atoms with Gasteiger partial charge in [-0.25, -0.2) is 4.79 Å². The minimum absolute atomic E-state index is 0.0240. The number of nitrogens with one attached hydrogen (secondary N) is 1. The fourth-order valence-corrected chi connectivity index (χ4v) is 2.06. The second kappa shape index (κ2) is 5.61. The number of aryl methyl sites for hydroxylation is 2. The maximum atomic E-state index is 12.0. The van der Waals surface area contributed by atoms with Crippen molar-refractivity contribution in [1.29, 1.82) is 0 Å². The number of carbonyl (C=O) groups is 2. The lowest BCUT2D eigenvalue weighted by atomic mass is 10.2. The molecular weight excluding hydrogens is 256 g/mol. The Bertz CT molecular complexity index is 659. The molecule has 0 saturated carbocycles. The molecule has 0 aliphatic rings. The Morgan fingerprint density at radius 1 is 1.15 bits per heavy atom. The first-order chi connectivity index (χ1) is 9.49. The normalized spacial score (nSPS) is 10.3. The van der Waals surface area contributed by atoms with Gasteiger partial charge in [-0.3, -0.25) is 4.79 Å². The Hall–Kier alpha value is -2.56. The molecule has 104 valence electrons. The minimum Gasteiger partial charge on any atom is -0.477 e. The van der Waals surface area contributed by atoms with Crippen LogP contribution in [0, 0.1) is 13.8 Å². The zero-order chi connectivity index (χ0) is 14.7. The molecule has 2 aromatic rings. The van der Waals surface area contributed by atoms with Gasteiger partial charge in [-0.05, 0) is 37.1 Å². The molecule has 1 amide bonds. The predicted molar refractivity (Wildman–Crippen MR) is 75.9 cm³/mol. The summed E-state index contributed by atoms with van der Waals surface area (Å²) >= 11 is 0. The van der Waals surface area contributed by atoms with Gasteiger partial charge in [0.15, 0.2) is 0 Å². The largest absolute Gasteiger partial charge is 0.477 e. The summed E-state index contributed by atoms with van der Waals surface area (Å²) in [7, 11) is 0. The number of benzene rings is 1. The third-order valence-electron chi connectivity index (χ3n) is 3.10. The summed E-state index contributed by atoms with van der Waals surface area (Å²) in [5.41, 5.74) is 2.48. The first-order valence-corrected chi connectivity index (χ1v) is 6.23. The van der Waals surface area contributed by atoms with Gasteiger partial charge in [-0.1, -0.05) is 18.2 Å². The molecule has 0 saturated heterocycles. The number of carboxylic acids is 1. The number of aromatic carboxylic acids is 1. The van der Waals surface area contributed by atoms with E-state index >= 15 is 0 Å². The van der Waals surface area contributed by atoms with Crippen LogP contribution < -0.4 is 5.32 Å². The van der Waals surface area contributed by atoms with Crippen LogP contribution in [-0.4, -0.2) is 21.6 Å². The van der Waals surface area contributed by atoms with Gasteiger partial charge in [0.25, 0.3) is 0 Å². The van der Waals surface area contributed by atoms with Crippen LogP contribution in [0.15, 0.2) is 36.5 Å². The summed E-state index contributed by atoms with van der Waals surface area (Å²) < 4.78 is 1.44. The van der Waals surface area contributed by atoms with Crippen LogP contribution in [0.3, 0.4) is 0 Å². The average Bonchev–Trinajstić information content (AvgIpc) is 2.73. The summed E-state index contributed by atoms with van der Waals surface area (Å²) in [6.07, 6.45) is 1.61. The Balaban J connectivity index is 2.13. The zero-order valence-electron chi connectivity index (χ0n) is 11.4. The molecule has 5 nitrogen and oxygen atoms in total. The SMILES string of the molecule is Cc1ccccc1NC(=O)Cn1ccc(C)c1C(=O)O. The molecule has 2 rings (SSSR count). The number of carbonyl (C=O) groups excluding carboxylic acids is 1. The van der Waals surface area contributed by atoms with Crippen molar-refractivity contribution in [2.45, 2.75) is 20.4 Å². The number of amides is 1. The lowest BCUT2D eigenvalue weighted by molar-refractivity contribution is -0.116. The second-order valence-corrected chi connectivity index (χ2v) is 4.64. The molecule has 20 heavy (non-hydrogen) atoms. The third kappa shape index (κ3) is 2.88. The van der Waals surface area contributed by atoms with Crippen molar-refractivity contribution in [3.63, 3.8) is 0 Å². The molecule has 0 atom stereocenters. The van der Waals surface area contributed by atoms with Crippen LogP contribution in [0.1, 0.15) is 21.6 Å². The lowest BCUT2D eigenvalue weighted by Crippen LogP contribution is -2.21. The van der Waals surface area contributed by atoms with Gasteiger partial charge < -0.3 is 15.0 Å². The van der Waals surface area contributed by atoms with Crippen LogP contribution in [0.2, 0.25) is 0 Å². The van der Waals surface area contributed by atoms with Crippen molar-refractivity contribution in [1.82, 2.24) is 4.57 Å². The Morgan fingerprint density at radius 3 is 2.50 bits per heavy atom. The van der Waals surface area contributed by atoms with E-state index in [9.17, 15) is 9.59 Å². The summed E-state index contributed by atoms with van der Waals surface area (Å²) in [5.74, 6) is -1.28. The zero-order valence-corrected chi connectivity index (χ0v) is 11.4. The van der Waals surface area contributed by atoms with Gasteiger partial charge in [0, 0.05) is 11.9 Å². The summed E-state index contributed by atoms with van der Waals surface area (Å²) in [6, 6.07) is 9.13. The molecule has 0 spiro atoms. The molecule has 0 bridgehead atoms. The van der Waals surface area contributed by atoms with Crippen molar-refractivity contribution >= 4 is 17.6 Å². The Labute approximate surface area is 116 Å². The van der Waals surface area contributed by atoms with Crippen molar-refractivity contribution in [3.8, 4) is 0 Å². The van der Waals surface area contributed by atoms with E-state index in [-0.39, 0.29) is 18.1 Å². The van der Waals surface area contributed by atoms with E-state index in [1.165, 1.54) is 4.57 Å². The highest BCUT2D eigenvalue weighted by Crippen LogP contribution is 2.14. The standard InChI is InChI=1S/C15H16N2O3/c1-10-5-3-4-6-12(10)16-13(18)9-17-8-7-11(2)14(17)15(19)20/h3-8H,9H2,1-2H3,(H,16,18)(H,19,20). The van der Waals surface area contributed by atoms with Gasteiger partial charge in [0.1, 0.15) is 12.2 Å². The van der Waals surface area contributed by atoms with Gasteiger partial charge in [0.05, 0.1) is 0 Å². The lowest BCUT2D eigenvalue weighted by Gasteiger charge is -2.10. The van der Waals surface area contributed by atoms with Crippen LogP contribution in [-0.2, 0) is 11.3 Å². The number of anilines is 1. The number of hydrogen-bond acceptors (Lipinski definition) is 2. The highest BCUT2D eigenvalue weighted by molar-refractivity contribution is 5.93. The highest BCUT2D eigenvalue weighted by atomic mass is 16.4. The average molecular weight is 272 g/mol. The van der Waals surface area contributed by atoms with E-state index < -0.39 is 5.97 Å². The van der Waals surface area contributed by atoms with Crippen LogP contribution in [0.4, 0.5) is 5.69 Å². The number of rotatable bonds is 4. The van der Waals surface area contributed by atoms with Crippen molar-refractivity contribution in [2.24, 2.45) is 0 Å². The summed E-state index contributed by atoms with van der Waals surface area (Å²) in [6.45, 7) is 3.58. The van der Waals surface area contributed by atoms with E-state index in [4.69, 9.17) is 5.11 Å². The van der Waals surface area contributed by atoms with Crippen LogP contribution in [0.25, 0.3) is 0 Å². The molecule has 0 fully saturated rings. The molecular formula is C15H16N2O3. The molecule has 1 aromatic heterocycles. The summed E-state index contributed by atoms with van der Waals surface area (Å²) in [5, 5.41) is 11.9. The van der Waals surface area contributed by atoms with Crippen molar-refractivity contribution in [2.75, 3.05) is 5.32 Å². The first-order valence-electron chi connectivity index (χ1n) is 6.23. The predicted octanol–water partition coefficient (Wildman–Crippen LogP) is 2.44. The fourth-order valence-electron chi connectivity index (χ4n) is 2.06. The maximum Gasteiger partial charge on any atom is 0.352 e. The molecule has 0 aliphatic carbocycles. The monoisotopic (exact) mass is 272 g/mol. The smallest absolute Gasteiger partial charge is 0.352 e. The van der Waals surface area contributed by atoms with E-state index in [2.05, 4.69) is 5.32 Å². The molecule has 0 unspecified atom stereocenters. The maximum absolute atomic E-state index is 12.0. The third-order valence-corrected chi connectivity index (χ3v) is 3.10. The van der Waals surface area contributed by atoms with E-state index in [0.29, 0.717) is 5.56 Å². The fraction of sp³-hybridized carbons (Fsp3) is 0.200. The van der Waals surface area contributed by atoms with Crippen molar-refractivity contribution in [3.05, 3.63) is 53.3 Å².